The molecule has 182 valence electrons. The fourth-order valence-electron chi connectivity index (χ4n) is 3.39. The lowest BCUT2D eigenvalue weighted by atomic mass is 9.99. The molecule has 0 spiro atoms. The number of nitrogens with one attached hydrogen (secondary N) is 2. The van der Waals surface area contributed by atoms with Crippen molar-refractivity contribution in [3.8, 4) is 22.7 Å². The van der Waals surface area contributed by atoms with Crippen LogP contribution in [0.3, 0.4) is 0 Å². The molecule has 0 aliphatic rings. The maximum absolute atomic E-state index is 12.9. The SMILES string of the molecule is CC(C)c1cccc(-c2nn(C)cc2NC(=O)c2coc(-c3ccnc(NCC(F)(F)F)c3)n2)c1. The lowest BCUT2D eigenvalue weighted by Gasteiger charge is -2.09. The molecule has 2 N–H and O–H groups in total. The summed E-state index contributed by atoms with van der Waals surface area (Å²) in [6.07, 6.45) is -0.181. The van der Waals surface area contributed by atoms with Crippen LogP contribution in [0, 0.1) is 0 Å². The zero-order valence-corrected chi connectivity index (χ0v) is 19.2. The van der Waals surface area contributed by atoms with Gasteiger partial charge in [-0.1, -0.05) is 32.0 Å². The molecule has 0 bridgehead atoms. The molecule has 0 atom stereocenters. The third kappa shape index (κ3) is 5.86. The molecular formula is C24H23F3N6O2. The summed E-state index contributed by atoms with van der Waals surface area (Å²) < 4.78 is 44.4. The first-order chi connectivity index (χ1) is 16.6. The number of amides is 1. The van der Waals surface area contributed by atoms with Crippen molar-refractivity contribution >= 4 is 17.4 Å². The summed E-state index contributed by atoms with van der Waals surface area (Å²) in [7, 11) is 1.76. The molecule has 3 heterocycles. The number of carbonyl (C=O) groups excluding carboxylic acids is 1. The molecule has 0 radical (unpaired) electrons. The van der Waals surface area contributed by atoms with Crippen LogP contribution < -0.4 is 10.6 Å². The summed E-state index contributed by atoms with van der Waals surface area (Å²) in [5.41, 5.74) is 3.51. The Morgan fingerprint density at radius 2 is 1.97 bits per heavy atom. The van der Waals surface area contributed by atoms with Gasteiger partial charge in [0.1, 0.15) is 24.3 Å². The van der Waals surface area contributed by atoms with Crippen LogP contribution in [0.4, 0.5) is 24.7 Å². The average molecular weight is 484 g/mol. The number of anilines is 2. The quantitative estimate of drug-likeness (QED) is 0.360. The van der Waals surface area contributed by atoms with Crippen LogP contribution in [0.2, 0.25) is 0 Å². The van der Waals surface area contributed by atoms with Crippen molar-refractivity contribution in [2.75, 3.05) is 17.2 Å². The number of aromatic nitrogens is 4. The first kappa shape index (κ1) is 24.0. The number of hydrogen-bond acceptors (Lipinski definition) is 6. The van der Waals surface area contributed by atoms with E-state index < -0.39 is 18.6 Å². The standard InChI is InChI=1S/C24H23F3N6O2/c1-14(2)15-5-4-6-16(9-15)21-18(11-33(3)32-21)30-22(34)19-12-35-23(31-19)17-7-8-28-20(10-17)29-13-24(25,26)27/h4-12,14H,13H2,1-3H3,(H,28,29)(H,30,34). The Morgan fingerprint density at radius 3 is 2.71 bits per heavy atom. The molecule has 0 saturated heterocycles. The molecule has 11 heteroatoms. The van der Waals surface area contributed by atoms with Gasteiger partial charge in [0.2, 0.25) is 5.89 Å². The second kappa shape index (κ2) is 9.61. The van der Waals surface area contributed by atoms with E-state index in [9.17, 15) is 18.0 Å². The van der Waals surface area contributed by atoms with E-state index in [1.54, 1.807) is 17.9 Å². The van der Waals surface area contributed by atoms with Crippen LogP contribution >= 0.6 is 0 Å². The minimum Gasteiger partial charge on any atom is -0.444 e. The van der Waals surface area contributed by atoms with Crippen molar-refractivity contribution < 1.29 is 22.4 Å². The zero-order valence-electron chi connectivity index (χ0n) is 19.2. The molecule has 35 heavy (non-hydrogen) atoms. The largest absolute Gasteiger partial charge is 0.444 e. The van der Waals surface area contributed by atoms with E-state index in [0.29, 0.717) is 22.9 Å². The average Bonchev–Trinajstić information content (AvgIpc) is 3.45. The van der Waals surface area contributed by atoms with Gasteiger partial charge in [0.25, 0.3) is 5.91 Å². The monoisotopic (exact) mass is 484 g/mol. The second-order valence-electron chi connectivity index (χ2n) is 8.24. The van der Waals surface area contributed by atoms with Crippen molar-refractivity contribution in [1.29, 1.82) is 0 Å². The topological polar surface area (TPSA) is 97.9 Å². The second-order valence-corrected chi connectivity index (χ2v) is 8.24. The molecule has 0 fully saturated rings. The molecule has 1 amide bonds. The summed E-state index contributed by atoms with van der Waals surface area (Å²) in [4.78, 5) is 20.9. The van der Waals surface area contributed by atoms with Crippen LogP contribution in [0.1, 0.15) is 35.8 Å². The van der Waals surface area contributed by atoms with Crippen molar-refractivity contribution in [2.24, 2.45) is 7.05 Å². The van der Waals surface area contributed by atoms with Gasteiger partial charge >= 0.3 is 6.18 Å². The van der Waals surface area contributed by atoms with Gasteiger partial charge in [0.15, 0.2) is 5.69 Å². The number of oxazole rings is 1. The van der Waals surface area contributed by atoms with Gasteiger partial charge in [-0.3, -0.25) is 9.48 Å². The fourth-order valence-corrected chi connectivity index (χ4v) is 3.39. The number of nitrogens with zero attached hydrogens (tertiary/aromatic N) is 4. The zero-order chi connectivity index (χ0) is 25.2. The maximum atomic E-state index is 12.9. The predicted molar refractivity (Wildman–Crippen MR) is 125 cm³/mol. The van der Waals surface area contributed by atoms with Crippen LogP contribution in [-0.2, 0) is 7.05 Å². The fraction of sp³-hybridized carbons (Fsp3) is 0.250. The highest BCUT2D eigenvalue weighted by Crippen LogP contribution is 2.29. The molecule has 3 aromatic heterocycles. The molecular weight excluding hydrogens is 461 g/mol. The predicted octanol–water partition coefficient (Wildman–Crippen LogP) is 5.49. The third-order valence-electron chi connectivity index (χ3n) is 5.12. The molecule has 0 saturated carbocycles. The van der Waals surface area contributed by atoms with E-state index in [-0.39, 0.29) is 17.4 Å². The Bertz CT molecular complexity index is 1340. The number of hydrogen-bond donors (Lipinski definition) is 2. The number of halogens is 3. The van der Waals surface area contributed by atoms with Crippen LogP contribution in [-0.4, -0.2) is 38.4 Å². The van der Waals surface area contributed by atoms with Crippen LogP contribution in [0.15, 0.2) is 59.5 Å². The Labute approximate surface area is 199 Å². The van der Waals surface area contributed by atoms with Crippen molar-refractivity contribution in [2.45, 2.75) is 25.9 Å². The Hall–Kier alpha value is -4.15. The number of rotatable bonds is 7. The lowest BCUT2D eigenvalue weighted by molar-refractivity contribution is -0.115. The molecule has 0 aliphatic heterocycles. The number of aryl methyl sites for hydroxylation is 1. The maximum Gasteiger partial charge on any atom is 0.405 e. The Kier molecular flexibility index (Phi) is 6.59. The molecule has 4 aromatic rings. The highest BCUT2D eigenvalue weighted by atomic mass is 19.4. The third-order valence-corrected chi connectivity index (χ3v) is 5.12. The van der Waals surface area contributed by atoms with Gasteiger partial charge in [-0.05, 0) is 29.7 Å². The normalized spacial score (nSPS) is 11.6. The summed E-state index contributed by atoms with van der Waals surface area (Å²) in [5, 5.41) is 9.50. The van der Waals surface area contributed by atoms with Crippen molar-refractivity contribution in [1.82, 2.24) is 19.7 Å². The van der Waals surface area contributed by atoms with E-state index in [0.717, 1.165) is 11.1 Å². The van der Waals surface area contributed by atoms with Gasteiger partial charge in [-0.15, -0.1) is 0 Å². The Balaban J connectivity index is 1.53. The highest BCUT2D eigenvalue weighted by Gasteiger charge is 2.27. The summed E-state index contributed by atoms with van der Waals surface area (Å²) in [6.45, 7) is 2.97. The van der Waals surface area contributed by atoms with Gasteiger partial charge in [-0.2, -0.15) is 18.3 Å². The molecule has 0 unspecified atom stereocenters. The van der Waals surface area contributed by atoms with Gasteiger partial charge in [0.05, 0.1) is 5.69 Å². The molecule has 4 rings (SSSR count). The number of pyridine rings is 1. The van der Waals surface area contributed by atoms with E-state index >= 15 is 0 Å². The lowest BCUT2D eigenvalue weighted by Crippen LogP contribution is -2.21. The molecule has 1 aromatic carbocycles. The van der Waals surface area contributed by atoms with E-state index in [1.165, 1.54) is 24.6 Å². The number of benzene rings is 1. The first-order valence-corrected chi connectivity index (χ1v) is 10.8. The van der Waals surface area contributed by atoms with Gasteiger partial charge in [-0.25, -0.2) is 9.97 Å². The highest BCUT2D eigenvalue weighted by molar-refractivity contribution is 6.04. The van der Waals surface area contributed by atoms with E-state index in [2.05, 4.69) is 39.5 Å². The van der Waals surface area contributed by atoms with Gasteiger partial charge in [0, 0.05) is 30.6 Å². The van der Waals surface area contributed by atoms with Crippen LogP contribution in [0.25, 0.3) is 22.7 Å². The van der Waals surface area contributed by atoms with E-state index in [1.807, 2.05) is 24.3 Å². The van der Waals surface area contributed by atoms with E-state index in [4.69, 9.17) is 4.42 Å². The molecule has 8 nitrogen and oxygen atoms in total. The Morgan fingerprint density at radius 1 is 1.17 bits per heavy atom. The number of carbonyl (C=O) groups is 1. The summed E-state index contributed by atoms with van der Waals surface area (Å²) >= 11 is 0. The minimum absolute atomic E-state index is 0.00680. The summed E-state index contributed by atoms with van der Waals surface area (Å²) in [5.74, 6) is -0.0994. The minimum atomic E-state index is -4.38. The number of alkyl halides is 3. The van der Waals surface area contributed by atoms with Crippen LogP contribution in [0.5, 0.6) is 0 Å². The smallest absolute Gasteiger partial charge is 0.405 e. The van der Waals surface area contributed by atoms with Crippen molar-refractivity contribution in [3.63, 3.8) is 0 Å². The first-order valence-electron chi connectivity index (χ1n) is 10.8. The molecule has 0 aliphatic carbocycles. The van der Waals surface area contributed by atoms with Crippen molar-refractivity contribution in [3.05, 3.63) is 66.3 Å². The van der Waals surface area contributed by atoms with Gasteiger partial charge < -0.3 is 15.1 Å². The summed E-state index contributed by atoms with van der Waals surface area (Å²) in [6, 6.07) is 10.8.